The largest absolute Gasteiger partial charge is 0.320 e. The topological polar surface area (TPSA) is 29.1 Å². The maximum Gasteiger partial charge on any atom is 0.267 e. The molecule has 0 spiro atoms. The highest BCUT2D eigenvalue weighted by molar-refractivity contribution is 9.10. The highest BCUT2D eigenvalue weighted by atomic mass is 79.9. The lowest BCUT2D eigenvalue weighted by atomic mass is 10.2. The number of rotatable bonds is 2. The Morgan fingerprint density at radius 1 is 1.39 bits per heavy atom. The van der Waals surface area contributed by atoms with Gasteiger partial charge in [0, 0.05) is 4.47 Å². The van der Waals surface area contributed by atoms with Crippen LogP contribution in [-0.4, -0.2) is 5.91 Å². The van der Waals surface area contributed by atoms with Gasteiger partial charge < -0.3 is 5.32 Å². The molecule has 0 saturated carbocycles. The number of amides is 1. The molecular formula is C13H11BrClNOS. The van der Waals surface area contributed by atoms with Crippen molar-refractivity contribution in [2.24, 2.45) is 0 Å². The van der Waals surface area contributed by atoms with E-state index < -0.39 is 0 Å². The quantitative estimate of drug-likeness (QED) is 0.813. The van der Waals surface area contributed by atoms with E-state index in [1.807, 2.05) is 37.4 Å². The molecule has 0 saturated heterocycles. The van der Waals surface area contributed by atoms with Crippen LogP contribution in [0.3, 0.4) is 0 Å². The van der Waals surface area contributed by atoms with Crippen LogP contribution >= 0.6 is 38.9 Å². The standard InChI is InChI=1S/C13H11BrClNOS/c1-7-3-4-10(9(14)5-7)16-13(17)12-11(15)8(2)6-18-12/h3-6H,1-2H3,(H,16,17). The third kappa shape index (κ3) is 2.76. The van der Waals surface area contributed by atoms with Crippen molar-refractivity contribution in [1.29, 1.82) is 0 Å². The Hall–Kier alpha value is -0.840. The van der Waals surface area contributed by atoms with Crippen LogP contribution in [0.25, 0.3) is 0 Å². The number of hydrogen-bond acceptors (Lipinski definition) is 2. The molecule has 2 aromatic rings. The number of anilines is 1. The molecule has 0 aliphatic rings. The summed E-state index contributed by atoms with van der Waals surface area (Å²) in [5.41, 5.74) is 2.80. The maximum absolute atomic E-state index is 12.1. The molecule has 0 atom stereocenters. The second kappa shape index (κ2) is 5.43. The van der Waals surface area contributed by atoms with Gasteiger partial charge in [-0.15, -0.1) is 11.3 Å². The first-order valence-corrected chi connectivity index (χ1v) is 7.35. The third-order valence-electron chi connectivity index (χ3n) is 2.48. The molecule has 0 fully saturated rings. The predicted octanol–water partition coefficient (Wildman–Crippen LogP) is 5.03. The van der Waals surface area contributed by atoms with E-state index in [0.29, 0.717) is 9.90 Å². The fourth-order valence-electron chi connectivity index (χ4n) is 1.48. The fourth-order valence-corrected chi connectivity index (χ4v) is 3.25. The number of thiophene rings is 1. The monoisotopic (exact) mass is 343 g/mol. The average molecular weight is 345 g/mol. The van der Waals surface area contributed by atoms with Crippen molar-refractivity contribution in [1.82, 2.24) is 0 Å². The number of hydrogen-bond donors (Lipinski definition) is 1. The fraction of sp³-hybridized carbons (Fsp3) is 0.154. The number of nitrogens with one attached hydrogen (secondary N) is 1. The number of halogens is 2. The van der Waals surface area contributed by atoms with Gasteiger partial charge in [0.15, 0.2) is 0 Å². The van der Waals surface area contributed by atoms with Gasteiger partial charge in [-0.3, -0.25) is 4.79 Å². The molecule has 5 heteroatoms. The Morgan fingerprint density at radius 3 is 2.67 bits per heavy atom. The van der Waals surface area contributed by atoms with Crippen molar-refractivity contribution in [2.45, 2.75) is 13.8 Å². The summed E-state index contributed by atoms with van der Waals surface area (Å²) in [6.45, 7) is 3.88. The summed E-state index contributed by atoms with van der Waals surface area (Å²) in [6, 6.07) is 5.77. The Morgan fingerprint density at radius 2 is 2.11 bits per heavy atom. The average Bonchev–Trinajstić information content (AvgIpc) is 2.64. The van der Waals surface area contributed by atoms with Gasteiger partial charge in [0.05, 0.1) is 10.7 Å². The molecule has 2 nitrogen and oxygen atoms in total. The van der Waals surface area contributed by atoms with E-state index in [2.05, 4.69) is 21.2 Å². The zero-order chi connectivity index (χ0) is 13.3. The van der Waals surface area contributed by atoms with E-state index in [0.717, 1.165) is 21.3 Å². The van der Waals surface area contributed by atoms with Crippen molar-refractivity contribution in [3.8, 4) is 0 Å². The number of benzene rings is 1. The van der Waals surface area contributed by atoms with E-state index in [4.69, 9.17) is 11.6 Å². The van der Waals surface area contributed by atoms with Crippen LogP contribution in [0.4, 0.5) is 5.69 Å². The summed E-state index contributed by atoms with van der Waals surface area (Å²) in [5.74, 6) is -0.178. The summed E-state index contributed by atoms with van der Waals surface area (Å²) >= 11 is 10.9. The van der Waals surface area contributed by atoms with Crippen LogP contribution in [0.1, 0.15) is 20.8 Å². The summed E-state index contributed by atoms with van der Waals surface area (Å²) in [6.07, 6.45) is 0. The summed E-state index contributed by atoms with van der Waals surface area (Å²) in [4.78, 5) is 12.6. The van der Waals surface area contributed by atoms with Crippen molar-refractivity contribution in [2.75, 3.05) is 5.32 Å². The third-order valence-corrected chi connectivity index (χ3v) is 4.83. The zero-order valence-corrected chi connectivity index (χ0v) is 13.0. The minimum atomic E-state index is -0.178. The molecule has 1 aromatic heterocycles. The second-order valence-corrected chi connectivity index (χ2v) is 6.11. The molecule has 0 radical (unpaired) electrons. The van der Waals surface area contributed by atoms with Gasteiger partial charge in [-0.2, -0.15) is 0 Å². The molecule has 0 bridgehead atoms. The Kier molecular flexibility index (Phi) is 4.10. The van der Waals surface area contributed by atoms with Gasteiger partial charge in [0.1, 0.15) is 4.88 Å². The lowest BCUT2D eigenvalue weighted by Gasteiger charge is -2.07. The molecule has 1 aromatic carbocycles. The van der Waals surface area contributed by atoms with E-state index in [1.54, 1.807) is 0 Å². The van der Waals surface area contributed by atoms with Crippen LogP contribution in [0, 0.1) is 13.8 Å². The summed E-state index contributed by atoms with van der Waals surface area (Å²) < 4.78 is 0.861. The van der Waals surface area contributed by atoms with Crippen LogP contribution in [0.5, 0.6) is 0 Å². The normalized spacial score (nSPS) is 10.4. The zero-order valence-electron chi connectivity index (χ0n) is 9.88. The molecule has 0 unspecified atom stereocenters. The van der Waals surface area contributed by atoms with Gasteiger partial charge in [0.2, 0.25) is 0 Å². The molecule has 94 valence electrons. The number of carbonyl (C=O) groups is 1. The minimum Gasteiger partial charge on any atom is -0.320 e. The molecule has 18 heavy (non-hydrogen) atoms. The van der Waals surface area contributed by atoms with Gasteiger partial charge in [-0.1, -0.05) is 17.7 Å². The minimum absolute atomic E-state index is 0.178. The first kappa shape index (κ1) is 13.6. The van der Waals surface area contributed by atoms with E-state index in [1.165, 1.54) is 11.3 Å². The molecule has 0 aliphatic carbocycles. The Balaban J connectivity index is 2.24. The van der Waals surface area contributed by atoms with Crippen LogP contribution < -0.4 is 5.32 Å². The highest BCUT2D eigenvalue weighted by Crippen LogP contribution is 2.29. The van der Waals surface area contributed by atoms with Crippen LogP contribution in [0.2, 0.25) is 5.02 Å². The molecule has 2 rings (SSSR count). The first-order valence-electron chi connectivity index (χ1n) is 5.30. The highest BCUT2D eigenvalue weighted by Gasteiger charge is 2.15. The van der Waals surface area contributed by atoms with E-state index >= 15 is 0 Å². The molecule has 0 aliphatic heterocycles. The lowest BCUT2D eigenvalue weighted by molar-refractivity contribution is 0.103. The van der Waals surface area contributed by atoms with Crippen molar-refractivity contribution < 1.29 is 4.79 Å². The van der Waals surface area contributed by atoms with Gasteiger partial charge in [-0.05, 0) is 58.4 Å². The lowest BCUT2D eigenvalue weighted by Crippen LogP contribution is -2.11. The number of carbonyl (C=O) groups excluding carboxylic acids is 1. The second-order valence-electron chi connectivity index (χ2n) is 4.00. The molecular weight excluding hydrogens is 334 g/mol. The smallest absolute Gasteiger partial charge is 0.267 e. The maximum atomic E-state index is 12.1. The van der Waals surface area contributed by atoms with Gasteiger partial charge in [0.25, 0.3) is 5.91 Å². The van der Waals surface area contributed by atoms with Gasteiger partial charge >= 0.3 is 0 Å². The van der Waals surface area contributed by atoms with E-state index in [9.17, 15) is 4.79 Å². The van der Waals surface area contributed by atoms with E-state index in [-0.39, 0.29) is 5.91 Å². The molecule has 1 heterocycles. The van der Waals surface area contributed by atoms with Crippen LogP contribution in [0.15, 0.2) is 28.1 Å². The van der Waals surface area contributed by atoms with Crippen molar-refractivity contribution in [3.63, 3.8) is 0 Å². The molecule has 1 N–H and O–H groups in total. The Bertz CT molecular complexity index is 609. The predicted molar refractivity (Wildman–Crippen MR) is 80.9 cm³/mol. The first-order chi connectivity index (χ1) is 8.49. The van der Waals surface area contributed by atoms with Crippen molar-refractivity contribution in [3.05, 3.63) is 49.1 Å². The molecule has 1 amide bonds. The Labute approximate surface area is 123 Å². The van der Waals surface area contributed by atoms with Crippen molar-refractivity contribution >= 4 is 50.5 Å². The van der Waals surface area contributed by atoms with Crippen LogP contribution in [-0.2, 0) is 0 Å². The summed E-state index contributed by atoms with van der Waals surface area (Å²) in [7, 11) is 0. The van der Waals surface area contributed by atoms with Gasteiger partial charge in [-0.25, -0.2) is 0 Å². The number of aryl methyl sites for hydroxylation is 2. The SMILES string of the molecule is Cc1ccc(NC(=O)c2scc(C)c2Cl)c(Br)c1. The summed E-state index contributed by atoms with van der Waals surface area (Å²) in [5, 5.41) is 5.25.